The van der Waals surface area contributed by atoms with E-state index in [2.05, 4.69) is 229 Å². The third-order valence-corrected chi connectivity index (χ3v) is 16.1. The van der Waals surface area contributed by atoms with Gasteiger partial charge in [-0.2, -0.15) is 0 Å². The summed E-state index contributed by atoms with van der Waals surface area (Å²) < 4.78 is 0. The van der Waals surface area contributed by atoms with E-state index in [0.717, 1.165) is 56.3 Å². The van der Waals surface area contributed by atoms with Gasteiger partial charge < -0.3 is 0 Å². The van der Waals surface area contributed by atoms with E-state index in [1.807, 2.05) is 0 Å². The highest BCUT2D eigenvalue weighted by molar-refractivity contribution is 5.81. The number of benzene rings is 6. The molecule has 0 heterocycles. The van der Waals surface area contributed by atoms with Crippen molar-refractivity contribution in [3.8, 4) is 0 Å². The number of hydrogen-bond donors (Lipinski definition) is 2. The minimum absolute atomic E-state index is 0.0800. The first-order valence-corrected chi connectivity index (χ1v) is 26.9. The fourth-order valence-corrected chi connectivity index (χ4v) is 11.2. The molecule has 7 rings (SSSR count). The summed E-state index contributed by atoms with van der Waals surface area (Å²) in [5, 5.41) is 26.8. The first kappa shape index (κ1) is 54.0. The molecular formula is C66H82N2O4. The molecule has 1 aliphatic carbocycles. The van der Waals surface area contributed by atoms with Crippen molar-refractivity contribution in [3.63, 3.8) is 0 Å². The summed E-state index contributed by atoms with van der Waals surface area (Å²) >= 11 is 0. The second kappa shape index (κ2) is 22.9. The maximum Gasteiger partial charge on any atom is 0.247 e. The maximum atomic E-state index is 15.3. The molecule has 0 unspecified atom stereocenters. The van der Waals surface area contributed by atoms with Crippen LogP contribution in [-0.4, -0.2) is 44.4 Å². The molecule has 1 fully saturated rings. The first-order chi connectivity index (χ1) is 34.3. The molecule has 0 aromatic heterocycles. The molecule has 2 amide bonds. The topological polar surface area (TPSA) is 81.1 Å². The first-order valence-electron chi connectivity index (χ1n) is 26.9. The van der Waals surface area contributed by atoms with Crippen LogP contribution >= 0.6 is 0 Å². The summed E-state index contributed by atoms with van der Waals surface area (Å²) in [6.45, 7) is 26.1. The van der Waals surface area contributed by atoms with Crippen LogP contribution in [0.4, 0.5) is 0 Å². The van der Waals surface area contributed by atoms with Crippen molar-refractivity contribution in [2.75, 3.05) is 0 Å². The third-order valence-electron chi connectivity index (χ3n) is 16.1. The van der Waals surface area contributed by atoms with Gasteiger partial charge in [0.15, 0.2) is 0 Å². The van der Waals surface area contributed by atoms with Crippen molar-refractivity contribution in [3.05, 3.63) is 212 Å². The van der Waals surface area contributed by atoms with E-state index in [1.54, 1.807) is 0 Å². The quantitative estimate of drug-likeness (QED) is 0.0511. The Bertz CT molecular complexity index is 2260. The molecular weight excluding hydrogens is 885 g/mol. The van der Waals surface area contributed by atoms with Gasteiger partial charge in [-0.1, -0.05) is 242 Å². The molecule has 6 heteroatoms. The van der Waals surface area contributed by atoms with Gasteiger partial charge in [-0.15, -0.1) is 0 Å². The van der Waals surface area contributed by atoms with Gasteiger partial charge in [-0.25, -0.2) is 10.1 Å². The molecule has 6 aromatic rings. The summed E-state index contributed by atoms with van der Waals surface area (Å²) in [6.07, 6.45) is 2.16. The van der Waals surface area contributed by atoms with Crippen molar-refractivity contribution >= 4 is 11.8 Å². The lowest BCUT2D eigenvalue weighted by Crippen LogP contribution is -2.56. The van der Waals surface area contributed by atoms with Crippen LogP contribution in [0.1, 0.15) is 224 Å². The number of carbonyl (C=O) groups excluding carboxylic acids is 2. The molecule has 2 atom stereocenters. The van der Waals surface area contributed by atoms with Gasteiger partial charge in [-0.05, 0) is 115 Å². The Balaban J connectivity index is 1.30. The number of hydroxylamine groups is 4. The Kier molecular flexibility index (Phi) is 17.2. The van der Waals surface area contributed by atoms with Crippen LogP contribution in [0.5, 0.6) is 0 Å². The average molecular weight is 967 g/mol. The SMILES string of the molecule is CC(C)c1ccc(C(CC(=O)N(O)[C@@H]2CCCC[C@H]2N(O)C(=O)CC(c2ccc(C(C)C)cc2)(c2ccc(C(C)C)cc2)c2ccc(C(C)C)cc2)(c2ccc(C(C)C)cc2)c2ccc(C(C)C)cc2)cc1. The lowest BCUT2D eigenvalue weighted by atomic mass is 9.66. The number of rotatable bonds is 18. The number of amides is 2. The molecule has 6 aromatic carbocycles. The van der Waals surface area contributed by atoms with E-state index in [-0.39, 0.29) is 12.8 Å². The van der Waals surface area contributed by atoms with Gasteiger partial charge in [0.05, 0.1) is 22.9 Å². The molecule has 0 aliphatic heterocycles. The Morgan fingerprint density at radius 3 is 0.681 bits per heavy atom. The van der Waals surface area contributed by atoms with Gasteiger partial charge in [-0.3, -0.25) is 20.0 Å². The second-order valence-corrected chi connectivity index (χ2v) is 22.7. The number of hydrogen-bond acceptors (Lipinski definition) is 4. The minimum Gasteiger partial charge on any atom is -0.286 e. The van der Waals surface area contributed by atoms with Gasteiger partial charge in [0.25, 0.3) is 0 Å². The molecule has 1 saturated carbocycles. The summed E-state index contributed by atoms with van der Waals surface area (Å²) in [4.78, 5) is 30.7. The second-order valence-electron chi connectivity index (χ2n) is 22.7. The minimum atomic E-state index is -0.988. The van der Waals surface area contributed by atoms with Crippen molar-refractivity contribution in [2.24, 2.45) is 0 Å². The molecule has 0 saturated heterocycles. The lowest BCUT2D eigenvalue weighted by Gasteiger charge is -2.43. The maximum absolute atomic E-state index is 15.3. The van der Waals surface area contributed by atoms with E-state index < -0.39 is 34.7 Å². The van der Waals surface area contributed by atoms with Crippen LogP contribution in [0, 0.1) is 0 Å². The fraction of sp³-hybridized carbons (Fsp3) is 0.424. The van der Waals surface area contributed by atoms with E-state index in [0.29, 0.717) is 48.3 Å². The van der Waals surface area contributed by atoms with Crippen LogP contribution in [-0.2, 0) is 20.4 Å². The zero-order valence-corrected chi connectivity index (χ0v) is 45.3. The van der Waals surface area contributed by atoms with E-state index in [1.165, 1.54) is 33.4 Å². The predicted octanol–water partition coefficient (Wildman–Crippen LogP) is 16.3. The Morgan fingerprint density at radius 1 is 0.361 bits per heavy atom. The third kappa shape index (κ3) is 11.2. The molecule has 0 spiro atoms. The van der Waals surface area contributed by atoms with E-state index in [4.69, 9.17) is 0 Å². The zero-order valence-electron chi connectivity index (χ0n) is 45.3. The molecule has 0 bridgehead atoms. The molecule has 380 valence electrons. The van der Waals surface area contributed by atoms with Gasteiger partial charge >= 0.3 is 0 Å². The Morgan fingerprint density at radius 2 is 0.528 bits per heavy atom. The van der Waals surface area contributed by atoms with Crippen molar-refractivity contribution in [1.82, 2.24) is 10.1 Å². The predicted molar refractivity (Wildman–Crippen MR) is 295 cm³/mol. The largest absolute Gasteiger partial charge is 0.286 e. The zero-order chi connectivity index (χ0) is 52.1. The number of nitrogens with zero attached hydrogens (tertiary/aromatic N) is 2. The molecule has 6 nitrogen and oxygen atoms in total. The molecule has 2 N–H and O–H groups in total. The monoisotopic (exact) mass is 967 g/mol. The van der Waals surface area contributed by atoms with Crippen LogP contribution in [0.2, 0.25) is 0 Å². The highest BCUT2D eigenvalue weighted by atomic mass is 16.5. The molecule has 72 heavy (non-hydrogen) atoms. The summed E-state index contributed by atoms with van der Waals surface area (Å²) in [5.74, 6) is 0.952. The molecule has 1 aliphatic rings. The average Bonchev–Trinajstić information content (AvgIpc) is 3.39. The number of carbonyl (C=O) groups is 2. The van der Waals surface area contributed by atoms with E-state index >= 15 is 9.59 Å². The standard InChI is InChI=1S/C66H82N2O4/c1-43(2)49-17-29-55(30-18-49)65(56-31-19-50(20-32-56)44(3)4,57-33-21-51(22-34-57)45(5)6)41-63(69)67(71)61-15-13-14-16-62(61)68(72)64(70)42-66(58-35-23-52(24-36-58)46(7)8,59-37-25-53(26-38-59)47(9)10)60-39-27-54(28-40-60)48(11)12/h17-40,43-48,61-62,71-72H,13-16,41-42H2,1-12H3/t61-,62-/m1/s1. The normalized spacial score (nSPS) is 15.6. The van der Waals surface area contributed by atoms with Gasteiger partial charge in [0, 0.05) is 12.8 Å². The Hall–Kier alpha value is -5.82. The molecule has 0 radical (unpaired) electrons. The fourth-order valence-electron chi connectivity index (χ4n) is 11.2. The van der Waals surface area contributed by atoms with Crippen LogP contribution < -0.4 is 0 Å². The van der Waals surface area contributed by atoms with Crippen LogP contribution in [0.25, 0.3) is 0 Å². The van der Waals surface area contributed by atoms with Crippen LogP contribution in [0.3, 0.4) is 0 Å². The summed E-state index contributed by atoms with van der Waals surface area (Å²) in [5.41, 5.74) is 10.9. The summed E-state index contributed by atoms with van der Waals surface area (Å²) in [6, 6.07) is 49.9. The van der Waals surface area contributed by atoms with Gasteiger partial charge in [0.2, 0.25) is 11.8 Å². The van der Waals surface area contributed by atoms with Crippen molar-refractivity contribution in [2.45, 2.75) is 180 Å². The van der Waals surface area contributed by atoms with Crippen LogP contribution in [0.15, 0.2) is 146 Å². The summed E-state index contributed by atoms with van der Waals surface area (Å²) in [7, 11) is 0. The van der Waals surface area contributed by atoms with Gasteiger partial charge in [0.1, 0.15) is 0 Å². The van der Waals surface area contributed by atoms with Crippen molar-refractivity contribution < 1.29 is 20.0 Å². The lowest BCUT2D eigenvalue weighted by molar-refractivity contribution is -0.214. The highest BCUT2D eigenvalue weighted by Crippen LogP contribution is 2.47. The Labute approximate surface area is 432 Å². The van der Waals surface area contributed by atoms with E-state index in [9.17, 15) is 10.4 Å². The highest BCUT2D eigenvalue weighted by Gasteiger charge is 2.46. The van der Waals surface area contributed by atoms with Crippen molar-refractivity contribution in [1.29, 1.82) is 0 Å². The smallest absolute Gasteiger partial charge is 0.247 e.